The highest BCUT2D eigenvalue weighted by Crippen LogP contribution is 2.31. The molecule has 1 aliphatic heterocycles. The number of aliphatic hydroxyl groups is 1. The molecule has 1 heterocycles. The van der Waals surface area contributed by atoms with Gasteiger partial charge in [0, 0.05) is 25.6 Å². The largest absolute Gasteiger partial charge is 0.397 e. The van der Waals surface area contributed by atoms with E-state index in [1.54, 1.807) is 0 Å². The molecule has 0 amide bonds. The molecular formula is C12H18N2O. The molecule has 1 aromatic rings. The Hall–Kier alpha value is -1.22. The molecule has 3 heteroatoms. The minimum atomic E-state index is 0.268. The molecule has 15 heavy (non-hydrogen) atoms. The van der Waals surface area contributed by atoms with Gasteiger partial charge in [-0.2, -0.15) is 0 Å². The van der Waals surface area contributed by atoms with Crippen molar-refractivity contribution in [2.24, 2.45) is 11.8 Å². The van der Waals surface area contributed by atoms with Crippen LogP contribution in [0, 0.1) is 11.8 Å². The molecule has 3 nitrogen and oxygen atoms in total. The first-order chi connectivity index (χ1) is 7.22. The summed E-state index contributed by atoms with van der Waals surface area (Å²) in [6, 6.07) is 7.92. The van der Waals surface area contributed by atoms with Gasteiger partial charge in [0.15, 0.2) is 0 Å². The van der Waals surface area contributed by atoms with Crippen LogP contribution >= 0.6 is 0 Å². The third-order valence-corrected chi connectivity index (χ3v) is 3.28. The van der Waals surface area contributed by atoms with Crippen LogP contribution in [0.3, 0.4) is 0 Å². The Labute approximate surface area is 90.5 Å². The highest BCUT2D eigenvalue weighted by Gasteiger charge is 2.29. The number of nitrogen functional groups attached to an aromatic ring is 1. The van der Waals surface area contributed by atoms with Crippen molar-refractivity contribution in [3.63, 3.8) is 0 Å². The zero-order chi connectivity index (χ0) is 10.8. The lowest BCUT2D eigenvalue weighted by molar-refractivity contribution is 0.212. The summed E-state index contributed by atoms with van der Waals surface area (Å²) in [4.78, 5) is 2.26. The second-order valence-electron chi connectivity index (χ2n) is 4.38. The minimum absolute atomic E-state index is 0.268. The highest BCUT2D eigenvalue weighted by atomic mass is 16.3. The smallest absolute Gasteiger partial charge is 0.0600 e. The van der Waals surface area contributed by atoms with E-state index in [4.69, 9.17) is 5.73 Å². The second kappa shape index (κ2) is 4.11. The molecular weight excluding hydrogens is 188 g/mol. The molecule has 2 atom stereocenters. The summed E-state index contributed by atoms with van der Waals surface area (Å²) >= 11 is 0. The molecule has 0 aromatic heterocycles. The number of anilines is 2. The number of nitrogens with two attached hydrogens (primary N) is 1. The van der Waals surface area contributed by atoms with E-state index >= 15 is 0 Å². The van der Waals surface area contributed by atoms with Crippen molar-refractivity contribution in [2.75, 3.05) is 30.3 Å². The van der Waals surface area contributed by atoms with E-state index in [9.17, 15) is 5.11 Å². The Bertz CT molecular complexity index is 340. The number of hydrogen-bond acceptors (Lipinski definition) is 3. The Morgan fingerprint density at radius 2 is 2.13 bits per heavy atom. The van der Waals surface area contributed by atoms with Crippen LogP contribution in [0.15, 0.2) is 24.3 Å². The molecule has 1 fully saturated rings. The summed E-state index contributed by atoms with van der Waals surface area (Å²) in [5.41, 5.74) is 7.85. The number of hydrogen-bond donors (Lipinski definition) is 2. The van der Waals surface area contributed by atoms with Crippen molar-refractivity contribution in [3.8, 4) is 0 Å². The van der Waals surface area contributed by atoms with Crippen LogP contribution < -0.4 is 10.6 Å². The molecule has 0 spiro atoms. The monoisotopic (exact) mass is 206 g/mol. The first kappa shape index (κ1) is 10.3. The standard InChI is InChI=1S/C12H18N2O/c1-9-6-14(7-10(9)8-15)12-5-3-2-4-11(12)13/h2-5,9-10,15H,6-8,13H2,1H3/t9-,10+/m1/s1. The van der Waals surface area contributed by atoms with Crippen LogP contribution in [-0.4, -0.2) is 24.8 Å². The topological polar surface area (TPSA) is 49.5 Å². The first-order valence-electron chi connectivity index (χ1n) is 5.42. The van der Waals surface area contributed by atoms with Crippen LogP contribution in [0.1, 0.15) is 6.92 Å². The highest BCUT2D eigenvalue weighted by molar-refractivity contribution is 5.67. The van der Waals surface area contributed by atoms with Crippen molar-refractivity contribution in [1.29, 1.82) is 0 Å². The number of benzene rings is 1. The van der Waals surface area contributed by atoms with Gasteiger partial charge >= 0.3 is 0 Å². The van der Waals surface area contributed by atoms with E-state index in [2.05, 4.69) is 11.8 Å². The minimum Gasteiger partial charge on any atom is -0.397 e. The summed E-state index contributed by atoms with van der Waals surface area (Å²) in [5, 5.41) is 9.21. The maximum atomic E-state index is 9.21. The molecule has 0 radical (unpaired) electrons. The van der Waals surface area contributed by atoms with Gasteiger partial charge in [0.1, 0.15) is 0 Å². The fourth-order valence-electron chi connectivity index (χ4n) is 2.24. The quantitative estimate of drug-likeness (QED) is 0.718. The molecule has 0 aliphatic carbocycles. The summed E-state index contributed by atoms with van der Waals surface area (Å²) in [5.74, 6) is 0.916. The molecule has 0 bridgehead atoms. The molecule has 82 valence electrons. The van der Waals surface area contributed by atoms with Gasteiger partial charge in [-0.25, -0.2) is 0 Å². The Kier molecular flexibility index (Phi) is 2.82. The normalized spacial score (nSPS) is 25.9. The molecule has 2 rings (SSSR count). The van der Waals surface area contributed by atoms with Crippen molar-refractivity contribution >= 4 is 11.4 Å². The van der Waals surface area contributed by atoms with Gasteiger partial charge in [-0.05, 0) is 18.1 Å². The summed E-state index contributed by atoms with van der Waals surface area (Å²) < 4.78 is 0. The van der Waals surface area contributed by atoms with E-state index < -0.39 is 0 Å². The number of aliphatic hydroxyl groups excluding tert-OH is 1. The van der Waals surface area contributed by atoms with Crippen LogP contribution in [-0.2, 0) is 0 Å². The predicted octanol–water partition coefficient (Wildman–Crippen LogP) is 1.33. The molecule has 1 saturated heterocycles. The zero-order valence-corrected chi connectivity index (χ0v) is 9.06. The fraction of sp³-hybridized carbons (Fsp3) is 0.500. The van der Waals surface area contributed by atoms with Gasteiger partial charge in [-0.1, -0.05) is 19.1 Å². The van der Waals surface area contributed by atoms with Gasteiger partial charge in [0.25, 0.3) is 0 Å². The maximum absolute atomic E-state index is 9.21. The molecule has 1 aliphatic rings. The van der Waals surface area contributed by atoms with Crippen LogP contribution in [0.2, 0.25) is 0 Å². The van der Waals surface area contributed by atoms with Crippen LogP contribution in [0.25, 0.3) is 0 Å². The maximum Gasteiger partial charge on any atom is 0.0600 e. The zero-order valence-electron chi connectivity index (χ0n) is 9.06. The molecule has 1 aromatic carbocycles. The fourth-order valence-corrected chi connectivity index (χ4v) is 2.24. The lowest BCUT2D eigenvalue weighted by Crippen LogP contribution is -2.21. The third-order valence-electron chi connectivity index (χ3n) is 3.28. The van der Waals surface area contributed by atoms with E-state index in [-0.39, 0.29) is 6.61 Å². The molecule has 3 N–H and O–H groups in total. The van der Waals surface area contributed by atoms with Crippen molar-refractivity contribution in [3.05, 3.63) is 24.3 Å². The van der Waals surface area contributed by atoms with Gasteiger partial charge in [-0.3, -0.25) is 0 Å². The number of nitrogens with zero attached hydrogens (tertiary/aromatic N) is 1. The SMILES string of the molecule is C[C@@H]1CN(c2ccccc2N)C[C@H]1CO. The average Bonchev–Trinajstić information content (AvgIpc) is 2.60. The summed E-state index contributed by atoms with van der Waals surface area (Å²) in [6.45, 7) is 4.34. The Morgan fingerprint density at radius 1 is 1.40 bits per heavy atom. The summed E-state index contributed by atoms with van der Waals surface area (Å²) in [6.07, 6.45) is 0. The van der Waals surface area contributed by atoms with Crippen molar-refractivity contribution in [2.45, 2.75) is 6.92 Å². The third kappa shape index (κ3) is 1.92. The lowest BCUT2D eigenvalue weighted by Gasteiger charge is -2.20. The lowest BCUT2D eigenvalue weighted by atomic mass is 10.00. The van der Waals surface area contributed by atoms with Gasteiger partial charge < -0.3 is 15.7 Å². The van der Waals surface area contributed by atoms with E-state index in [0.29, 0.717) is 11.8 Å². The van der Waals surface area contributed by atoms with Crippen molar-refractivity contribution in [1.82, 2.24) is 0 Å². The van der Waals surface area contributed by atoms with Crippen LogP contribution in [0.5, 0.6) is 0 Å². The van der Waals surface area contributed by atoms with Crippen molar-refractivity contribution < 1.29 is 5.11 Å². The first-order valence-corrected chi connectivity index (χ1v) is 5.42. The Balaban J connectivity index is 2.17. The van der Waals surface area contributed by atoms with E-state index in [0.717, 1.165) is 24.5 Å². The van der Waals surface area contributed by atoms with E-state index in [1.807, 2.05) is 24.3 Å². The van der Waals surface area contributed by atoms with E-state index in [1.165, 1.54) is 0 Å². The molecule has 0 saturated carbocycles. The van der Waals surface area contributed by atoms with Crippen LogP contribution in [0.4, 0.5) is 11.4 Å². The van der Waals surface area contributed by atoms with Gasteiger partial charge in [0.2, 0.25) is 0 Å². The Morgan fingerprint density at radius 3 is 2.73 bits per heavy atom. The number of para-hydroxylation sites is 2. The predicted molar refractivity (Wildman–Crippen MR) is 62.8 cm³/mol. The van der Waals surface area contributed by atoms with Gasteiger partial charge in [0.05, 0.1) is 11.4 Å². The van der Waals surface area contributed by atoms with Gasteiger partial charge in [-0.15, -0.1) is 0 Å². The number of rotatable bonds is 2. The summed E-state index contributed by atoms with van der Waals surface area (Å²) in [7, 11) is 0. The molecule has 0 unspecified atom stereocenters. The average molecular weight is 206 g/mol. The second-order valence-corrected chi connectivity index (χ2v) is 4.38.